The molecule has 0 heterocycles. The molecule has 0 aromatic carbocycles. The molecule has 1 unspecified atom stereocenters. The van der Waals surface area contributed by atoms with E-state index in [0.717, 1.165) is 116 Å². The van der Waals surface area contributed by atoms with Crippen LogP contribution in [0.25, 0.3) is 0 Å². The van der Waals surface area contributed by atoms with Crippen LogP contribution in [0, 0.1) is 0 Å². The Kier molecular flexibility index (Phi) is 43.6. The molecule has 6 nitrogen and oxygen atoms in total. The van der Waals surface area contributed by atoms with Gasteiger partial charge in [-0.1, -0.05) is 170 Å². The van der Waals surface area contributed by atoms with Gasteiger partial charge >= 0.3 is 17.9 Å². The maximum absolute atomic E-state index is 12.7. The summed E-state index contributed by atoms with van der Waals surface area (Å²) in [7, 11) is 0. The van der Waals surface area contributed by atoms with Crippen molar-refractivity contribution in [1.29, 1.82) is 0 Å². The van der Waals surface area contributed by atoms with Crippen LogP contribution in [0.5, 0.6) is 0 Å². The van der Waals surface area contributed by atoms with Crippen molar-refractivity contribution in [1.82, 2.24) is 0 Å². The fourth-order valence-corrected chi connectivity index (χ4v) is 6.13. The highest BCUT2D eigenvalue weighted by Crippen LogP contribution is 2.12. The third kappa shape index (κ3) is 43.7. The van der Waals surface area contributed by atoms with Gasteiger partial charge in [-0.2, -0.15) is 0 Å². The van der Waals surface area contributed by atoms with Gasteiger partial charge in [0.25, 0.3) is 0 Å². The van der Waals surface area contributed by atoms with Gasteiger partial charge in [0.2, 0.25) is 0 Å². The maximum atomic E-state index is 12.7. The molecule has 0 spiro atoms. The highest BCUT2D eigenvalue weighted by atomic mass is 16.6. The van der Waals surface area contributed by atoms with Crippen molar-refractivity contribution in [2.24, 2.45) is 0 Å². The van der Waals surface area contributed by atoms with Crippen LogP contribution in [0.4, 0.5) is 0 Å². The van der Waals surface area contributed by atoms with Gasteiger partial charge in [0.1, 0.15) is 13.2 Å². The zero-order valence-electron chi connectivity index (χ0n) is 37.5. The van der Waals surface area contributed by atoms with Gasteiger partial charge in [0.15, 0.2) is 6.10 Å². The minimum atomic E-state index is -0.811. The zero-order chi connectivity index (χ0) is 42.3. The lowest BCUT2D eigenvalue weighted by Gasteiger charge is -2.18. The maximum Gasteiger partial charge on any atom is 0.306 e. The molecule has 0 aromatic heterocycles. The molecule has 0 aromatic rings. The zero-order valence-corrected chi connectivity index (χ0v) is 37.5. The molecule has 330 valence electrons. The molecule has 0 rings (SSSR count). The summed E-state index contributed by atoms with van der Waals surface area (Å²) in [5.41, 5.74) is 0. The number of carbonyl (C=O) groups excluding carboxylic acids is 3. The summed E-state index contributed by atoms with van der Waals surface area (Å²) in [6.45, 7) is 6.31. The van der Waals surface area contributed by atoms with E-state index >= 15 is 0 Å². The number of ether oxygens (including phenoxy) is 3. The Balaban J connectivity index is 4.49. The van der Waals surface area contributed by atoms with E-state index in [0.29, 0.717) is 19.3 Å². The number of allylic oxidation sites excluding steroid dienone is 14. The predicted molar refractivity (Wildman–Crippen MR) is 247 cm³/mol. The Labute approximate surface area is 356 Å². The van der Waals surface area contributed by atoms with Crippen molar-refractivity contribution in [3.05, 3.63) is 85.1 Å². The number of esters is 3. The van der Waals surface area contributed by atoms with Crippen LogP contribution in [0.2, 0.25) is 0 Å². The normalized spacial score (nSPS) is 12.8. The van der Waals surface area contributed by atoms with Crippen molar-refractivity contribution in [3.8, 4) is 0 Å². The summed E-state index contributed by atoms with van der Waals surface area (Å²) < 4.78 is 16.7. The Morgan fingerprint density at radius 3 is 1.21 bits per heavy atom. The molecule has 0 bridgehead atoms. The topological polar surface area (TPSA) is 78.9 Å². The number of unbranched alkanes of at least 4 members (excludes halogenated alkanes) is 17. The standard InChI is InChI=1S/C52H86O6/c1-4-7-10-13-16-19-22-25-26-27-28-31-33-36-39-42-45-51(54)57-48-49(58-52(55)46-43-40-37-34-30-24-21-18-15-12-9-6-3)47-56-50(53)44-41-38-35-32-29-23-20-17-14-11-8-5-2/h8-9,11-12,17-18,20-21,26-28,30-31,34,49H,4-7,10,13-16,19,22-25,29,32-33,35-48H2,1-3H3/b11-8-,12-9-,20-17-,21-18-,27-26-,31-28-,34-30-. The van der Waals surface area contributed by atoms with E-state index in [9.17, 15) is 14.4 Å². The number of carbonyl (C=O) groups is 3. The van der Waals surface area contributed by atoms with Crippen LogP contribution >= 0.6 is 0 Å². The average Bonchev–Trinajstić information content (AvgIpc) is 3.22. The van der Waals surface area contributed by atoms with E-state index in [2.05, 4.69) is 106 Å². The molecule has 0 aliphatic carbocycles. The van der Waals surface area contributed by atoms with Crippen molar-refractivity contribution in [2.45, 2.75) is 213 Å². The van der Waals surface area contributed by atoms with Crippen LogP contribution in [0.3, 0.4) is 0 Å². The molecule has 0 amide bonds. The summed E-state index contributed by atoms with van der Waals surface area (Å²) in [6.07, 6.45) is 58.6. The van der Waals surface area contributed by atoms with E-state index in [-0.39, 0.29) is 37.5 Å². The predicted octanol–water partition coefficient (Wildman–Crippen LogP) is 15.3. The van der Waals surface area contributed by atoms with E-state index in [4.69, 9.17) is 14.2 Å². The van der Waals surface area contributed by atoms with E-state index in [1.54, 1.807) is 0 Å². The van der Waals surface area contributed by atoms with Crippen LogP contribution < -0.4 is 0 Å². The Morgan fingerprint density at radius 1 is 0.379 bits per heavy atom. The molecule has 0 saturated carbocycles. The van der Waals surface area contributed by atoms with Crippen LogP contribution in [0.15, 0.2) is 85.1 Å². The fraction of sp³-hybridized carbons (Fsp3) is 0.673. The molecular formula is C52H86O6. The van der Waals surface area contributed by atoms with Gasteiger partial charge in [-0.15, -0.1) is 0 Å². The van der Waals surface area contributed by atoms with Gasteiger partial charge in [0.05, 0.1) is 0 Å². The van der Waals surface area contributed by atoms with E-state index in [1.165, 1.54) is 44.9 Å². The molecule has 0 N–H and O–H groups in total. The Morgan fingerprint density at radius 2 is 0.724 bits per heavy atom. The first-order valence-corrected chi connectivity index (χ1v) is 23.6. The molecule has 6 heteroatoms. The van der Waals surface area contributed by atoms with Crippen LogP contribution in [0.1, 0.15) is 207 Å². The lowest BCUT2D eigenvalue weighted by Crippen LogP contribution is -2.30. The average molecular weight is 807 g/mol. The van der Waals surface area contributed by atoms with Gasteiger partial charge < -0.3 is 14.2 Å². The minimum absolute atomic E-state index is 0.109. The van der Waals surface area contributed by atoms with Crippen LogP contribution in [-0.4, -0.2) is 37.2 Å². The minimum Gasteiger partial charge on any atom is -0.462 e. The molecule has 1 atom stereocenters. The first-order chi connectivity index (χ1) is 28.5. The molecule has 0 aliphatic heterocycles. The number of hydrogen-bond donors (Lipinski definition) is 0. The molecule has 0 fully saturated rings. The second-order valence-electron chi connectivity index (χ2n) is 15.3. The third-order valence-corrected chi connectivity index (χ3v) is 9.64. The van der Waals surface area contributed by atoms with Crippen LogP contribution in [-0.2, 0) is 28.6 Å². The Bertz CT molecular complexity index is 1160. The second-order valence-corrected chi connectivity index (χ2v) is 15.3. The van der Waals surface area contributed by atoms with Crippen molar-refractivity contribution < 1.29 is 28.6 Å². The highest BCUT2D eigenvalue weighted by Gasteiger charge is 2.19. The summed E-state index contributed by atoms with van der Waals surface area (Å²) in [6, 6.07) is 0. The second kappa shape index (κ2) is 46.3. The lowest BCUT2D eigenvalue weighted by molar-refractivity contribution is -0.167. The third-order valence-electron chi connectivity index (χ3n) is 9.64. The van der Waals surface area contributed by atoms with E-state index < -0.39 is 6.10 Å². The lowest BCUT2D eigenvalue weighted by atomic mass is 10.1. The summed E-state index contributed by atoms with van der Waals surface area (Å²) in [5.74, 6) is -0.997. The van der Waals surface area contributed by atoms with Crippen molar-refractivity contribution in [2.75, 3.05) is 13.2 Å². The largest absolute Gasteiger partial charge is 0.462 e. The molecule has 58 heavy (non-hydrogen) atoms. The van der Waals surface area contributed by atoms with Gasteiger partial charge in [0, 0.05) is 19.3 Å². The molecule has 0 saturated heterocycles. The monoisotopic (exact) mass is 807 g/mol. The summed E-state index contributed by atoms with van der Waals surface area (Å²) >= 11 is 0. The van der Waals surface area contributed by atoms with E-state index in [1.807, 2.05) is 0 Å². The van der Waals surface area contributed by atoms with Gasteiger partial charge in [-0.25, -0.2) is 0 Å². The summed E-state index contributed by atoms with van der Waals surface area (Å²) in [5, 5.41) is 0. The van der Waals surface area contributed by atoms with Crippen molar-refractivity contribution >= 4 is 17.9 Å². The smallest absolute Gasteiger partial charge is 0.306 e. The first kappa shape index (κ1) is 54.6. The highest BCUT2D eigenvalue weighted by molar-refractivity contribution is 5.71. The Hall–Kier alpha value is -3.41. The molecular weight excluding hydrogens is 721 g/mol. The number of rotatable bonds is 41. The SMILES string of the molecule is CC/C=C\C/C=C\C/C=C\CCCCC(=O)OC(COC(=O)CCCCC/C=C\C=C/CCCCCCCCC)COC(=O)CCCCCCC/C=C\C/C=C\CC. The fourth-order valence-electron chi connectivity index (χ4n) is 6.13. The van der Waals surface area contributed by atoms with Crippen molar-refractivity contribution in [3.63, 3.8) is 0 Å². The number of hydrogen-bond acceptors (Lipinski definition) is 6. The van der Waals surface area contributed by atoms with Gasteiger partial charge in [-0.3, -0.25) is 14.4 Å². The quantitative estimate of drug-likeness (QED) is 0.0201. The molecule has 0 radical (unpaired) electrons. The summed E-state index contributed by atoms with van der Waals surface area (Å²) in [4.78, 5) is 37.8. The van der Waals surface area contributed by atoms with Gasteiger partial charge in [-0.05, 0) is 103 Å². The molecule has 0 aliphatic rings. The first-order valence-electron chi connectivity index (χ1n) is 23.6.